The van der Waals surface area contributed by atoms with Crippen LogP contribution in [0.25, 0.3) is 11.1 Å². The monoisotopic (exact) mass is 420 g/mol. The molecule has 3 rings (SSSR count). The van der Waals surface area contributed by atoms with Gasteiger partial charge in [0, 0.05) is 0 Å². The van der Waals surface area contributed by atoms with Crippen LogP contribution >= 0.6 is 0 Å². The van der Waals surface area contributed by atoms with Crippen molar-refractivity contribution < 1.29 is 17.6 Å². The first-order chi connectivity index (χ1) is 14.5. The summed E-state index contributed by atoms with van der Waals surface area (Å²) in [5.74, 6) is -2.00. The van der Waals surface area contributed by atoms with E-state index in [4.69, 9.17) is 0 Å². The fraction of sp³-hybridized carbons (Fsp3) is 0.538. The molecular weight excluding hydrogens is 388 g/mol. The summed E-state index contributed by atoms with van der Waals surface area (Å²) >= 11 is 0. The van der Waals surface area contributed by atoms with E-state index in [1.54, 1.807) is 0 Å². The van der Waals surface area contributed by atoms with E-state index in [2.05, 4.69) is 6.92 Å². The topological polar surface area (TPSA) is 0 Å². The number of unbranched alkanes of at least 4 members (excludes halogenated alkanes) is 2. The lowest BCUT2D eigenvalue weighted by molar-refractivity contribution is 0.246. The van der Waals surface area contributed by atoms with Gasteiger partial charge in [-0.25, -0.2) is 17.6 Å². The van der Waals surface area contributed by atoms with Crippen LogP contribution < -0.4 is 0 Å². The van der Waals surface area contributed by atoms with Crippen molar-refractivity contribution in [2.75, 3.05) is 0 Å². The van der Waals surface area contributed by atoms with Crippen LogP contribution in [0.2, 0.25) is 0 Å². The summed E-state index contributed by atoms with van der Waals surface area (Å²) in [5.41, 5.74) is 0.315. The summed E-state index contributed by atoms with van der Waals surface area (Å²) < 4.78 is 55.6. The van der Waals surface area contributed by atoms with Crippen LogP contribution in [0.5, 0.6) is 0 Å². The van der Waals surface area contributed by atoms with E-state index >= 15 is 0 Å². The highest BCUT2D eigenvalue weighted by molar-refractivity contribution is 5.65. The smallest absolute Gasteiger partial charge is 0.159 e. The van der Waals surface area contributed by atoms with Crippen LogP contribution in [0.4, 0.5) is 17.6 Å². The normalized spacial score (nSPS) is 19.2. The third-order valence-electron chi connectivity index (χ3n) is 6.57. The Labute approximate surface area is 177 Å². The van der Waals surface area contributed by atoms with E-state index in [1.807, 2.05) is 0 Å². The number of benzene rings is 2. The minimum Gasteiger partial charge on any atom is -0.206 e. The molecule has 0 atom stereocenters. The van der Waals surface area contributed by atoms with Crippen molar-refractivity contribution in [2.24, 2.45) is 11.8 Å². The van der Waals surface area contributed by atoms with Crippen molar-refractivity contribution in [3.63, 3.8) is 0 Å². The Morgan fingerprint density at radius 3 is 1.87 bits per heavy atom. The lowest BCUT2D eigenvalue weighted by Gasteiger charge is -2.28. The van der Waals surface area contributed by atoms with E-state index in [9.17, 15) is 17.6 Å². The summed E-state index contributed by atoms with van der Waals surface area (Å²) in [6.07, 6.45) is 13.1. The van der Waals surface area contributed by atoms with Crippen LogP contribution in [0.1, 0.15) is 76.7 Å². The fourth-order valence-electron chi connectivity index (χ4n) is 4.78. The van der Waals surface area contributed by atoms with Gasteiger partial charge in [-0.15, -0.1) is 0 Å². The van der Waals surface area contributed by atoms with Crippen LogP contribution in [-0.4, -0.2) is 0 Å². The van der Waals surface area contributed by atoms with E-state index in [0.29, 0.717) is 12.0 Å². The zero-order chi connectivity index (χ0) is 21.5. The van der Waals surface area contributed by atoms with Crippen LogP contribution in [0.3, 0.4) is 0 Å². The Kier molecular flexibility index (Phi) is 8.35. The van der Waals surface area contributed by atoms with Crippen LogP contribution in [0.15, 0.2) is 30.3 Å². The molecule has 30 heavy (non-hydrogen) atoms. The molecule has 0 nitrogen and oxygen atoms in total. The largest absolute Gasteiger partial charge is 0.206 e. The molecule has 0 heterocycles. The number of halogens is 4. The average molecular weight is 421 g/mol. The molecule has 164 valence electrons. The molecule has 4 heteroatoms. The van der Waals surface area contributed by atoms with E-state index in [1.165, 1.54) is 69.6 Å². The quantitative estimate of drug-likeness (QED) is 0.281. The van der Waals surface area contributed by atoms with Crippen molar-refractivity contribution in [1.82, 2.24) is 0 Å². The second-order valence-electron chi connectivity index (χ2n) is 8.84. The maximum atomic E-state index is 14.5. The molecule has 0 bridgehead atoms. The molecule has 0 saturated heterocycles. The summed E-state index contributed by atoms with van der Waals surface area (Å²) in [6, 6.07) is 5.55. The van der Waals surface area contributed by atoms with Gasteiger partial charge >= 0.3 is 0 Å². The average Bonchev–Trinajstić information content (AvgIpc) is 2.71. The van der Waals surface area contributed by atoms with Crippen molar-refractivity contribution in [3.05, 3.63) is 59.2 Å². The van der Waals surface area contributed by atoms with E-state index in [-0.39, 0.29) is 11.1 Å². The minimum atomic E-state index is -1.12. The summed E-state index contributed by atoms with van der Waals surface area (Å²) in [5, 5.41) is 0. The van der Waals surface area contributed by atoms with Gasteiger partial charge in [0.1, 0.15) is 11.6 Å². The van der Waals surface area contributed by atoms with Gasteiger partial charge in [-0.2, -0.15) is 0 Å². The lowest BCUT2D eigenvalue weighted by atomic mass is 9.78. The zero-order valence-electron chi connectivity index (χ0n) is 17.8. The Bertz CT molecular complexity index is 799. The first-order valence-electron chi connectivity index (χ1n) is 11.4. The molecule has 0 amide bonds. The third kappa shape index (κ3) is 6.09. The minimum absolute atomic E-state index is 0.00569. The van der Waals surface area contributed by atoms with E-state index < -0.39 is 23.3 Å². The maximum Gasteiger partial charge on any atom is 0.159 e. The first kappa shape index (κ1) is 22.8. The molecule has 1 saturated carbocycles. The second-order valence-corrected chi connectivity index (χ2v) is 8.84. The van der Waals surface area contributed by atoms with Gasteiger partial charge < -0.3 is 0 Å². The van der Waals surface area contributed by atoms with Crippen LogP contribution in [-0.2, 0) is 6.42 Å². The first-order valence-corrected chi connectivity index (χ1v) is 11.4. The molecule has 0 spiro atoms. The molecule has 1 aliphatic rings. The molecule has 0 N–H and O–H groups in total. The molecule has 0 radical (unpaired) electrons. The SMILES string of the molecule is CCCCCC1CCC(CCCc2cc(F)c(-c3ccc(F)c(F)c3)c(F)c2)CC1. The highest BCUT2D eigenvalue weighted by Crippen LogP contribution is 2.35. The van der Waals surface area contributed by atoms with Gasteiger partial charge in [0.25, 0.3) is 0 Å². The number of rotatable bonds is 9. The molecule has 0 unspecified atom stereocenters. The van der Waals surface area contributed by atoms with Crippen molar-refractivity contribution in [1.29, 1.82) is 0 Å². The highest BCUT2D eigenvalue weighted by atomic mass is 19.2. The number of hydrogen-bond acceptors (Lipinski definition) is 0. The van der Waals surface area contributed by atoms with Crippen molar-refractivity contribution in [3.8, 4) is 11.1 Å². The standard InChI is InChI=1S/C26H32F4/c1-2-3-4-6-18-9-11-19(12-10-18)7-5-8-20-15-24(29)26(25(30)16-20)21-13-14-22(27)23(28)17-21/h13-19H,2-12H2,1H3. The van der Waals surface area contributed by atoms with Crippen molar-refractivity contribution in [2.45, 2.75) is 77.6 Å². The van der Waals surface area contributed by atoms with Gasteiger partial charge in [0.2, 0.25) is 0 Å². The predicted octanol–water partition coefficient (Wildman–Crippen LogP) is 8.62. The van der Waals surface area contributed by atoms with Gasteiger partial charge in [0.05, 0.1) is 5.56 Å². The molecule has 0 aromatic heterocycles. The zero-order valence-corrected chi connectivity index (χ0v) is 17.8. The van der Waals surface area contributed by atoms with Gasteiger partial charge in [-0.1, -0.05) is 70.8 Å². The predicted molar refractivity (Wildman–Crippen MR) is 114 cm³/mol. The Hall–Kier alpha value is -1.84. The van der Waals surface area contributed by atoms with E-state index in [0.717, 1.165) is 36.8 Å². The van der Waals surface area contributed by atoms with Gasteiger partial charge in [-0.3, -0.25) is 0 Å². The Morgan fingerprint density at radius 2 is 1.30 bits per heavy atom. The molecular formula is C26H32F4. The highest BCUT2D eigenvalue weighted by Gasteiger charge is 2.21. The molecule has 0 aliphatic heterocycles. The number of aryl methyl sites for hydroxylation is 1. The van der Waals surface area contributed by atoms with Crippen molar-refractivity contribution >= 4 is 0 Å². The van der Waals surface area contributed by atoms with Gasteiger partial charge in [0.15, 0.2) is 11.6 Å². The lowest BCUT2D eigenvalue weighted by Crippen LogP contribution is -2.14. The Morgan fingerprint density at radius 1 is 0.700 bits per heavy atom. The summed E-state index contributed by atoms with van der Waals surface area (Å²) in [6.45, 7) is 2.24. The molecule has 2 aromatic carbocycles. The molecule has 1 aliphatic carbocycles. The van der Waals surface area contributed by atoms with Crippen LogP contribution in [0, 0.1) is 35.1 Å². The fourth-order valence-corrected chi connectivity index (χ4v) is 4.78. The third-order valence-corrected chi connectivity index (χ3v) is 6.57. The molecule has 2 aromatic rings. The summed E-state index contributed by atoms with van der Waals surface area (Å²) in [4.78, 5) is 0. The Balaban J connectivity index is 1.50. The molecule has 1 fully saturated rings. The maximum absolute atomic E-state index is 14.5. The second kappa shape index (κ2) is 11.0. The van der Waals surface area contributed by atoms with Gasteiger partial charge in [-0.05, 0) is 60.1 Å². The summed E-state index contributed by atoms with van der Waals surface area (Å²) in [7, 11) is 0. The number of hydrogen-bond donors (Lipinski definition) is 0.